The number of aryl methyl sites for hydroxylation is 1. The maximum atomic E-state index is 12.2. The predicted octanol–water partition coefficient (Wildman–Crippen LogP) is -0.643. The number of nitrogens with two attached hydrogens (primary N) is 1. The normalized spacial score (nSPS) is 12.1. The summed E-state index contributed by atoms with van der Waals surface area (Å²) in [5, 5.41) is 3.99. The Bertz CT molecular complexity index is 455. The molecule has 1 aromatic heterocycles. The molecule has 0 saturated carbocycles. The first-order chi connectivity index (χ1) is 8.86. The topological polar surface area (TPSA) is 84.5 Å². The van der Waals surface area contributed by atoms with E-state index in [0.29, 0.717) is 12.1 Å². The van der Waals surface area contributed by atoms with Crippen LogP contribution in [0.25, 0.3) is 0 Å². The van der Waals surface area contributed by atoms with E-state index in [9.17, 15) is 9.59 Å². The molecule has 0 aliphatic carbocycles. The van der Waals surface area contributed by atoms with E-state index >= 15 is 0 Å². The fraction of sp³-hybridized carbons (Fsp3) is 0.583. The molecule has 1 aromatic rings. The summed E-state index contributed by atoms with van der Waals surface area (Å²) in [6.45, 7) is 2.29. The van der Waals surface area contributed by atoms with Crippen LogP contribution < -0.4 is 5.73 Å². The van der Waals surface area contributed by atoms with Gasteiger partial charge >= 0.3 is 0 Å². The summed E-state index contributed by atoms with van der Waals surface area (Å²) >= 11 is 0. The van der Waals surface area contributed by atoms with Crippen molar-refractivity contribution in [2.75, 3.05) is 27.2 Å². The van der Waals surface area contributed by atoms with Crippen molar-refractivity contribution in [3.05, 3.63) is 18.0 Å². The summed E-state index contributed by atoms with van der Waals surface area (Å²) in [5.41, 5.74) is 6.55. The van der Waals surface area contributed by atoms with E-state index in [1.165, 1.54) is 9.80 Å². The third-order valence-corrected chi connectivity index (χ3v) is 2.87. The van der Waals surface area contributed by atoms with Crippen LogP contribution in [0.4, 0.5) is 0 Å². The molecule has 1 rings (SSSR count). The van der Waals surface area contributed by atoms with E-state index in [1.807, 2.05) is 6.92 Å². The van der Waals surface area contributed by atoms with Crippen molar-refractivity contribution < 1.29 is 9.59 Å². The Balaban J connectivity index is 2.75. The minimum absolute atomic E-state index is 0.0380. The average molecular weight is 267 g/mol. The van der Waals surface area contributed by atoms with Crippen LogP contribution in [0.3, 0.4) is 0 Å². The lowest BCUT2D eigenvalue weighted by Crippen LogP contribution is -2.44. The number of likely N-dealkylation sites (N-methyl/N-ethyl adjacent to an activating group) is 2. The summed E-state index contributed by atoms with van der Waals surface area (Å²) in [4.78, 5) is 26.8. The Labute approximate surface area is 113 Å². The summed E-state index contributed by atoms with van der Waals surface area (Å²) in [6, 6.07) is -0.788. The molecule has 0 spiro atoms. The number of hydrogen-bond donors (Lipinski definition) is 1. The molecule has 1 atom stereocenters. The van der Waals surface area contributed by atoms with Crippen molar-refractivity contribution >= 4 is 11.8 Å². The number of carbonyl (C=O) groups is 2. The first kappa shape index (κ1) is 15.2. The largest absolute Gasteiger partial charge is 0.347 e. The van der Waals surface area contributed by atoms with Gasteiger partial charge in [0.05, 0.1) is 12.7 Å². The Morgan fingerprint density at radius 1 is 1.47 bits per heavy atom. The minimum atomic E-state index is -0.788. The predicted molar refractivity (Wildman–Crippen MR) is 71.1 cm³/mol. The fourth-order valence-corrected chi connectivity index (χ4v) is 1.59. The second-order valence-corrected chi connectivity index (χ2v) is 4.57. The van der Waals surface area contributed by atoms with Crippen LogP contribution >= 0.6 is 0 Å². The lowest BCUT2D eigenvalue weighted by atomic mass is 10.1. The monoisotopic (exact) mass is 267 g/mol. The van der Waals surface area contributed by atoms with Crippen LogP contribution in [-0.2, 0) is 16.6 Å². The van der Waals surface area contributed by atoms with Gasteiger partial charge in [-0.1, -0.05) is 0 Å². The smallest absolute Gasteiger partial charge is 0.244 e. The van der Waals surface area contributed by atoms with Crippen LogP contribution in [0.2, 0.25) is 0 Å². The van der Waals surface area contributed by atoms with Gasteiger partial charge in [-0.2, -0.15) is 5.10 Å². The van der Waals surface area contributed by atoms with E-state index in [0.717, 1.165) is 0 Å². The molecule has 0 aliphatic rings. The van der Waals surface area contributed by atoms with E-state index in [1.54, 1.807) is 38.2 Å². The fourth-order valence-electron chi connectivity index (χ4n) is 1.59. The summed E-state index contributed by atoms with van der Waals surface area (Å²) in [6.07, 6.45) is 3.26. The van der Waals surface area contributed by atoms with Gasteiger partial charge in [0.15, 0.2) is 0 Å². The van der Waals surface area contributed by atoms with Crippen LogP contribution in [0.5, 0.6) is 0 Å². The molecule has 106 valence electrons. The van der Waals surface area contributed by atoms with Crippen molar-refractivity contribution in [3.63, 3.8) is 0 Å². The minimum Gasteiger partial charge on any atom is -0.347 e. The van der Waals surface area contributed by atoms with Crippen LogP contribution in [-0.4, -0.2) is 58.6 Å². The summed E-state index contributed by atoms with van der Waals surface area (Å²) < 4.78 is 1.59. The molecule has 2 N–H and O–H groups in total. The number of hydrogen-bond acceptors (Lipinski definition) is 4. The molecule has 0 aliphatic heterocycles. The zero-order valence-electron chi connectivity index (χ0n) is 11.8. The molecule has 1 unspecified atom stereocenters. The average Bonchev–Trinajstić information content (AvgIpc) is 2.80. The van der Waals surface area contributed by atoms with E-state index in [-0.39, 0.29) is 18.4 Å². The van der Waals surface area contributed by atoms with Crippen molar-refractivity contribution in [3.8, 4) is 0 Å². The molecule has 0 saturated heterocycles. The second-order valence-electron chi connectivity index (χ2n) is 4.57. The van der Waals surface area contributed by atoms with Crippen LogP contribution in [0, 0.1) is 0 Å². The van der Waals surface area contributed by atoms with Gasteiger partial charge in [-0.15, -0.1) is 0 Å². The molecule has 7 nitrogen and oxygen atoms in total. The highest BCUT2D eigenvalue weighted by atomic mass is 16.2. The number of nitrogens with zero attached hydrogens (tertiary/aromatic N) is 4. The first-order valence-corrected chi connectivity index (χ1v) is 6.09. The lowest BCUT2D eigenvalue weighted by Gasteiger charge is -2.24. The molecule has 7 heteroatoms. The van der Waals surface area contributed by atoms with Crippen LogP contribution in [0.15, 0.2) is 12.4 Å². The van der Waals surface area contributed by atoms with Gasteiger partial charge in [0.25, 0.3) is 0 Å². The van der Waals surface area contributed by atoms with Gasteiger partial charge in [0.2, 0.25) is 11.8 Å². The molecule has 0 radical (unpaired) electrons. The highest BCUT2D eigenvalue weighted by Gasteiger charge is 2.24. The molecule has 0 fully saturated rings. The number of carbonyl (C=O) groups excluding carboxylic acids is 2. The molecule has 2 amide bonds. The van der Waals surface area contributed by atoms with Crippen molar-refractivity contribution in [1.82, 2.24) is 19.6 Å². The Morgan fingerprint density at radius 2 is 2.11 bits per heavy atom. The highest BCUT2D eigenvalue weighted by molar-refractivity contribution is 5.87. The summed E-state index contributed by atoms with van der Waals surface area (Å²) in [7, 11) is 5.07. The van der Waals surface area contributed by atoms with Gasteiger partial charge in [-0.05, 0) is 6.92 Å². The van der Waals surface area contributed by atoms with Gasteiger partial charge in [0.1, 0.15) is 6.04 Å². The van der Waals surface area contributed by atoms with E-state index in [2.05, 4.69) is 5.10 Å². The third kappa shape index (κ3) is 3.78. The molecular formula is C12H21N5O2. The van der Waals surface area contributed by atoms with E-state index in [4.69, 9.17) is 5.73 Å². The van der Waals surface area contributed by atoms with E-state index < -0.39 is 6.04 Å². The highest BCUT2D eigenvalue weighted by Crippen LogP contribution is 2.12. The third-order valence-electron chi connectivity index (χ3n) is 2.87. The number of rotatable bonds is 5. The quantitative estimate of drug-likeness (QED) is 0.769. The lowest BCUT2D eigenvalue weighted by molar-refractivity contribution is -0.139. The molecule has 0 bridgehead atoms. The van der Waals surface area contributed by atoms with Crippen molar-refractivity contribution in [2.24, 2.45) is 12.8 Å². The SMILES string of the molecule is CCN(CC(=O)N(C)C)C(=O)C(N)c1cnn(C)c1. The Morgan fingerprint density at radius 3 is 2.53 bits per heavy atom. The van der Waals surface area contributed by atoms with Crippen molar-refractivity contribution in [2.45, 2.75) is 13.0 Å². The zero-order valence-corrected chi connectivity index (χ0v) is 11.8. The molecule has 0 aromatic carbocycles. The van der Waals surface area contributed by atoms with Gasteiger partial charge in [-0.3, -0.25) is 14.3 Å². The van der Waals surface area contributed by atoms with Gasteiger partial charge in [0, 0.05) is 39.4 Å². The molecular weight excluding hydrogens is 246 g/mol. The molecule has 1 heterocycles. The van der Waals surface area contributed by atoms with Gasteiger partial charge < -0.3 is 15.5 Å². The second kappa shape index (κ2) is 6.33. The maximum Gasteiger partial charge on any atom is 0.244 e. The number of amides is 2. The standard InChI is InChI=1S/C12H21N5O2/c1-5-17(8-10(18)15(2)3)12(19)11(13)9-6-14-16(4)7-9/h6-7,11H,5,8,13H2,1-4H3. The number of aromatic nitrogens is 2. The first-order valence-electron chi connectivity index (χ1n) is 6.09. The van der Waals surface area contributed by atoms with Crippen molar-refractivity contribution in [1.29, 1.82) is 0 Å². The van der Waals surface area contributed by atoms with Crippen LogP contribution in [0.1, 0.15) is 18.5 Å². The van der Waals surface area contributed by atoms with Gasteiger partial charge in [-0.25, -0.2) is 0 Å². The summed E-state index contributed by atoms with van der Waals surface area (Å²) in [5.74, 6) is -0.403. The zero-order chi connectivity index (χ0) is 14.6. The Kier molecular flexibility index (Phi) is 5.05. The maximum absolute atomic E-state index is 12.2. The Hall–Kier alpha value is -1.89. The molecule has 19 heavy (non-hydrogen) atoms.